The van der Waals surface area contributed by atoms with Crippen LogP contribution in [0.25, 0.3) is 0 Å². The monoisotopic (exact) mass is 341 g/mol. The maximum absolute atomic E-state index is 9.94. The molecule has 0 aliphatic heterocycles. The molecule has 2 aromatic rings. The molecule has 1 atom stereocenters. The number of nitrogens with two attached hydrogens (primary N) is 1. The van der Waals surface area contributed by atoms with E-state index in [1.165, 1.54) is 6.08 Å². The van der Waals surface area contributed by atoms with Gasteiger partial charge >= 0.3 is 7.12 Å². The van der Waals surface area contributed by atoms with Crippen LogP contribution in [0.3, 0.4) is 0 Å². The Morgan fingerprint density at radius 2 is 1.72 bits per heavy atom. The molecule has 4 N–H and O–H groups in total. The van der Waals surface area contributed by atoms with Crippen molar-refractivity contribution in [3.63, 3.8) is 0 Å². The van der Waals surface area contributed by atoms with Gasteiger partial charge in [-0.2, -0.15) is 0 Å². The molecule has 0 aliphatic rings. The van der Waals surface area contributed by atoms with Crippen LogP contribution in [0.1, 0.15) is 28.6 Å². The largest absolute Gasteiger partial charge is 0.455 e. The lowest BCUT2D eigenvalue weighted by Crippen LogP contribution is -2.10. The van der Waals surface area contributed by atoms with Crippen LogP contribution in [-0.2, 0) is 0 Å². The minimum absolute atomic E-state index is 0.00583. The van der Waals surface area contributed by atoms with Gasteiger partial charge in [0, 0.05) is 12.4 Å². The number of rotatable bonds is 6. The van der Waals surface area contributed by atoms with E-state index in [9.17, 15) is 4.79 Å². The minimum Gasteiger partial charge on any atom is -0.427 e. The molecule has 0 saturated carbocycles. The van der Waals surface area contributed by atoms with Crippen LogP contribution in [0.15, 0.2) is 74.1 Å². The highest BCUT2D eigenvalue weighted by Gasteiger charge is 2.02. The van der Waals surface area contributed by atoms with Gasteiger partial charge in [-0.1, -0.05) is 24.3 Å². The molecule has 0 fully saturated rings. The molecule has 2 aromatic heterocycles. The zero-order valence-corrected chi connectivity index (χ0v) is 14.1. The Balaban J connectivity index is 0.000000365. The first-order valence-corrected chi connectivity index (χ1v) is 7.65. The predicted molar refractivity (Wildman–Crippen MR) is 101 cm³/mol. The van der Waals surface area contributed by atoms with E-state index in [0.29, 0.717) is 5.69 Å². The first kappa shape index (κ1) is 22.4. The SMILES string of the molecule is C=CCB(O)O.C=CCC(N)c1ccccn1.O=Cc1ccccn1. The second-order valence-corrected chi connectivity index (χ2v) is 4.76. The fraction of sp³-hybridized carbons (Fsp3) is 0.167. The van der Waals surface area contributed by atoms with Crippen molar-refractivity contribution >= 4 is 13.4 Å². The van der Waals surface area contributed by atoms with Gasteiger partial charge in [-0.05, 0) is 37.0 Å². The van der Waals surface area contributed by atoms with E-state index in [0.717, 1.165) is 18.4 Å². The third-order valence-corrected chi connectivity index (χ3v) is 2.67. The molecular formula is C18H24BN3O3. The second-order valence-electron chi connectivity index (χ2n) is 4.76. The fourth-order valence-corrected chi connectivity index (χ4v) is 1.49. The van der Waals surface area contributed by atoms with Crippen LogP contribution in [0.4, 0.5) is 0 Å². The zero-order chi connectivity index (χ0) is 18.9. The number of aldehydes is 1. The van der Waals surface area contributed by atoms with Gasteiger partial charge in [-0.15, -0.1) is 13.2 Å². The maximum atomic E-state index is 9.94. The van der Waals surface area contributed by atoms with E-state index in [-0.39, 0.29) is 12.4 Å². The molecular weight excluding hydrogens is 317 g/mol. The van der Waals surface area contributed by atoms with Crippen molar-refractivity contribution in [1.82, 2.24) is 9.97 Å². The number of hydrogen-bond acceptors (Lipinski definition) is 6. The predicted octanol–water partition coefficient (Wildman–Crippen LogP) is 2.20. The molecule has 0 radical (unpaired) electrons. The first-order chi connectivity index (χ1) is 12.0. The summed E-state index contributed by atoms with van der Waals surface area (Å²) in [6.07, 6.45) is 8.34. The van der Waals surface area contributed by atoms with Crippen molar-refractivity contribution < 1.29 is 14.8 Å². The van der Waals surface area contributed by atoms with Gasteiger partial charge in [0.2, 0.25) is 0 Å². The van der Waals surface area contributed by atoms with Gasteiger partial charge < -0.3 is 15.8 Å². The smallest absolute Gasteiger partial charge is 0.427 e. The highest BCUT2D eigenvalue weighted by molar-refractivity contribution is 6.41. The molecule has 0 bridgehead atoms. The Hall–Kier alpha value is -2.61. The Labute approximate surface area is 148 Å². The topological polar surface area (TPSA) is 109 Å². The Kier molecular flexibility index (Phi) is 13.4. The van der Waals surface area contributed by atoms with Gasteiger partial charge in [0.1, 0.15) is 5.69 Å². The summed E-state index contributed by atoms with van der Waals surface area (Å²) in [5.41, 5.74) is 7.17. The zero-order valence-electron chi connectivity index (χ0n) is 14.1. The van der Waals surface area contributed by atoms with Gasteiger partial charge in [-0.25, -0.2) is 0 Å². The lowest BCUT2D eigenvalue weighted by molar-refractivity contribution is 0.111. The normalized spacial score (nSPS) is 10.0. The number of aromatic nitrogens is 2. The number of carbonyl (C=O) groups excluding carboxylic acids is 1. The highest BCUT2D eigenvalue weighted by Crippen LogP contribution is 2.09. The van der Waals surface area contributed by atoms with E-state index in [4.69, 9.17) is 15.8 Å². The van der Waals surface area contributed by atoms with Crippen molar-refractivity contribution in [1.29, 1.82) is 0 Å². The van der Waals surface area contributed by atoms with Crippen LogP contribution in [0, 0.1) is 0 Å². The van der Waals surface area contributed by atoms with Crippen LogP contribution in [-0.4, -0.2) is 33.4 Å². The van der Waals surface area contributed by atoms with Gasteiger partial charge in [0.05, 0.1) is 11.7 Å². The van der Waals surface area contributed by atoms with Crippen molar-refractivity contribution in [2.45, 2.75) is 18.8 Å². The number of carbonyl (C=O) groups is 1. The van der Waals surface area contributed by atoms with E-state index >= 15 is 0 Å². The Morgan fingerprint density at radius 1 is 1.08 bits per heavy atom. The lowest BCUT2D eigenvalue weighted by atomic mass is 9.87. The molecule has 1 unspecified atom stereocenters. The third-order valence-electron chi connectivity index (χ3n) is 2.67. The molecule has 2 heterocycles. The number of nitrogens with zero attached hydrogens (tertiary/aromatic N) is 2. The maximum Gasteiger partial charge on any atom is 0.455 e. The summed E-state index contributed by atoms with van der Waals surface area (Å²) < 4.78 is 0. The average molecular weight is 341 g/mol. The molecule has 132 valence electrons. The average Bonchev–Trinajstić information content (AvgIpc) is 2.64. The second kappa shape index (κ2) is 15.0. The van der Waals surface area contributed by atoms with Crippen molar-refractivity contribution in [2.24, 2.45) is 5.73 Å². The van der Waals surface area contributed by atoms with E-state index in [1.54, 1.807) is 36.7 Å². The molecule has 0 aliphatic carbocycles. The van der Waals surface area contributed by atoms with E-state index in [1.807, 2.05) is 18.2 Å². The summed E-state index contributed by atoms with van der Waals surface area (Å²) >= 11 is 0. The first-order valence-electron chi connectivity index (χ1n) is 7.65. The van der Waals surface area contributed by atoms with Crippen LogP contribution >= 0.6 is 0 Å². The van der Waals surface area contributed by atoms with Crippen molar-refractivity contribution in [3.05, 3.63) is 85.5 Å². The summed E-state index contributed by atoms with van der Waals surface area (Å²) in [5, 5.41) is 16.1. The number of hydrogen-bond donors (Lipinski definition) is 3. The van der Waals surface area contributed by atoms with E-state index < -0.39 is 7.12 Å². The van der Waals surface area contributed by atoms with Crippen molar-refractivity contribution in [3.8, 4) is 0 Å². The summed E-state index contributed by atoms with van der Waals surface area (Å²) in [7, 11) is -1.22. The molecule has 0 spiro atoms. The highest BCUT2D eigenvalue weighted by atomic mass is 16.4. The Bertz CT molecular complexity index is 595. The molecule has 0 amide bonds. The lowest BCUT2D eigenvalue weighted by Gasteiger charge is -2.06. The molecule has 0 saturated heterocycles. The van der Waals surface area contributed by atoms with Gasteiger partial charge in [-0.3, -0.25) is 14.8 Å². The van der Waals surface area contributed by atoms with Gasteiger partial charge in [0.15, 0.2) is 6.29 Å². The summed E-state index contributed by atoms with van der Waals surface area (Å²) in [6.45, 7) is 6.90. The fourth-order valence-electron chi connectivity index (χ4n) is 1.49. The molecule has 25 heavy (non-hydrogen) atoms. The summed E-state index contributed by atoms with van der Waals surface area (Å²) in [5.74, 6) is 0. The van der Waals surface area contributed by atoms with Gasteiger partial charge in [0.25, 0.3) is 0 Å². The molecule has 6 nitrogen and oxygen atoms in total. The standard InChI is InChI=1S/C9H12N2.C6H5NO.C3H7BO2/c1-2-5-8(10)9-6-3-4-7-11-9;8-5-6-3-1-2-4-7-6;1-2-3-4(5)6/h2-4,6-8H,1,5,10H2;1-5H;2,5-6H,1,3H2. The number of pyridine rings is 2. The molecule has 2 rings (SSSR count). The van der Waals surface area contributed by atoms with Crippen LogP contribution in [0.5, 0.6) is 0 Å². The molecule has 7 heteroatoms. The van der Waals surface area contributed by atoms with E-state index in [2.05, 4.69) is 23.1 Å². The number of allylic oxidation sites excluding steroid dienone is 1. The van der Waals surface area contributed by atoms with Crippen LogP contribution < -0.4 is 5.73 Å². The minimum atomic E-state index is -1.22. The summed E-state index contributed by atoms with van der Waals surface area (Å²) in [4.78, 5) is 17.8. The quantitative estimate of drug-likeness (QED) is 0.422. The Morgan fingerprint density at radius 3 is 2.04 bits per heavy atom. The van der Waals surface area contributed by atoms with Crippen molar-refractivity contribution in [2.75, 3.05) is 0 Å². The van der Waals surface area contributed by atoms with Crippen LogP contribution in [0.2, 0.25) is 6.32 Å². The summed E-state index contributed by atoms with van der Waals surface area (Å²) in [6, 6.07) is 10.9. The molecule has 0 aromatic carbocycles. The third kappa shape index (κ3) is 12.5.